The third-order valence-electron chi connectivity index (χ3n) is 5.63. The van der Waals surface area contributed by atoms with Crippen molar-refractivity contribution in [2.45, 2.75) is 19.1 Å². The number of aromatic nitrogens is 1. The fourth-order valence-corrected chi connectivity index (χ4v) is 3.78. The minimum atomic E-state index is -4.38. The number of amides is 1. The highest BCUT2D eigenvalue weighted by Gasteiger charge is 2.29. The highest BCUT2D eigenvalue weighted by Crippen LogP contribution is 2.29. The summed E-state index contributed by atoms with van der Waals surface area (Å²) in [5, 5.41) is 6.43. The fraction of sp³-hybridized carbons (Fsp3) is 0.280. The van der Waals surface area contributed by atoms with Gasteiger partial charge in [-0.1, -0.05) is 12.1 Å². The SMILES string of the molecule is NC(=O)Cc1cnc(Nc2ccc(N3CCOCC3)cc2)cc1NCc1ccc(C(F)(F)F)cc1. The molecule has 7 nitrogen and oxygen atoms in total. The standard InChI is InChI=1S/C25H26F3N5O2/c26-25(27,28)19-3-1-17(2-4-19)15-30-22-14-24(31-16-18(22)13-23(29)34)32-20-5-7-21(8-6-20)33-9-11-35-12-10-33/h1-8,14,16H,9-13,15H2,(H2,29,34)(H2,30,31,32). The first kappa shape index (κ1) is 24.3. The molecule has 1 aliphatic rings. The van der Waals surface area contributed by atoms with Gasteiger partial charge in [0, 0.05) is 54.5 Å². The molecule has 0 radical (unpaired) electrons. The molecule has 0 saturated carbocycles. The number of morpholine rings is 1. The van der Waals surface area contributed by atoms with E-state index in [0.717, 1.165) is 36.6 Å². The smallest absolute Gasteiger partial charge is 0.381 e. The van der Waals surface area contributed by atoms with E-state index in [-0.39, 0.29) is 13.0 Å². The van der Waals surface area contributed by atoms with Gasteiger partial charge in [0.15, 0.2) is 0 Å². The molecule has 0 aliphatic carbocycles. The Morgan fingerprint density at radius 3 is 2.37 bits per heavy atom. The maximum atomic E-state index is 12.8. The predicted molar refractivity (Wildman–Crippen MR) is 129 cm³/mol. The van der Waals surface area contributed by atoms with Crippen molar-refractivity contribution >= 4 is 28.8 Å². The molecular formula is C25H26F3N5O2. The van der Waals surface area contributed by atoms with Crippen LogP contribution in [0.1, 0.15) is 16.7 Å². The number of carbonyl (C=O) groups is 1. The molecular weight excluding hydrogens is 459 g/mol. The van der Waals surface area contributed by atoms with Crippen molar-refractivity contribution < 1.29 is 22.7 Å². The molecule has 35 heavy (non-hydrogen) atoms. The zero-order valence-corrected chi connectivity index (χ0v) is 18.9. The van der Waals surface area contributed by atoms with E-state index in [4.69, 9.17) is 10.5 Å². The Balaban J connectivity index is 1.46. The molecule has 1 aromatic heterocycles. The van der Waals surface area contributed by atoms with E-state index in [1.165, 1.54) is 12.1 Å². The number of carbonyl (C=O) groups excluding carboxylic acids is 1. The first-order valence-corrected chi connectivity index (χ1v) is 11.1. The van der Waals surface area contributed by atoms with E-state index in [9.17, 15) is 18.0 Å². The van der Waals surface area contributed by atoms with Gasteiger partial charge in [-0.15, -0.1) is 0 Å². The Bertz CT molecular complexity index is 1150. The van der Waals surface area contributed by atoms with Crippen molar-refractivity contribution in [3.8, 4) is 0 Å². The lowest BCUT2D eigenvalue weighted by Crippen LogP contribution is -2.36. The maximum Gasteiger partial charge on any atom is 0.416 e. The van der Waals surface area contributed by atoms with Crippen LogP contribution in [0.25, 0.3) is 0 Å². The minimum Gasteiger partial charge on any atom is -0.381 e. The van der Waals surface area contributed by atoms with Crippen LogP contribution in [0.3, 0.4) is 0 Å². The molecule has 1 amide bonds. The molecule has 0 unspecified atom stereocenters. The number of primary amides is 1. The van der Waals surface area contributed by atoms with Gasteiger partial charge in [-0.3, -0.25) is 4.79 Å². The molecule has 0 bridgehead atoms. The van der Waals surface area contributed by atoms with Crippen molar-refractivity contribution in [3.05, 3.63) is 77.5 Å². The third-order valence-corrected chi connectivity index (χ3v) is 5.63. The number of alkyl halides is 3. The lowest BCUT2D eigenvalue weighted by molar-refractivity contribution is -0.137. The normalized spacial score (nSPS) is 14.0. The largest absolute Gasteiger partial charge is 0.416 e. The van der Waals surface area contributed by atoms with Gasteiger partial charge in [0.2, 0.25) is 5.91 Å². The van der Waals surface area contributed by atoms with Gasteiger partial charge in [-0.05, 0) is 42.0 Å². The van der Waals surface area contributed by atoms with Crippen molar-refractivity contribution in [1.29, 1.82) is 0 Å². The number of nitrogens with one attached hydrogen (secondary N) is 2. The van der Waals surface area contributed by atoms with E-state index in [1.807, 2.05) is 24.3 Å². The van der Waals surface area contributed by atoms with Gasteiger partial charge in [-0.2, -0.15) is 13.2 Å². The van der Waals surface area contributed by atoms with E-state index < -0.39 is 17.6 Å². The first-order chi connectivity index (χ1) is 16.8. The Morgan fingerprint density at radius 2 is 1.74 bits per heavy atom. The highest BCUT2D eigenvalue weighted by atomic mass is 19.4. The van der Waals surface area contributed by atoms with E-state index >= 15 is 0 Å². The van der Waals surface area contributed by atoms with Crippen LogP contribution in [0.15, 0.2) is 60.8 Å². The number of nitrogens with zero attached hydrogens (tertiary/aromatic N) is 2. The second-order valence-electron chi connectivity index (χ2n) is 8.19. The topological polar surface area (TPSA) is 92.5 Å². The summed E-state index contributed by atoms with van der Waals surface area (Å²) in [5.41, 5.74) is 8.49. The zero-order valence-electron chi connectivity index (χ0n) is 18.9. The molecule has 2 heterocycles. The summed E-state index contributed by atoms with van der Waals surface area (Å²) in [4.78, 5) is 18.1. The number of halogens is 3. The molecule has 1 fully saturated rings. The van der Waals surface area contributed by atoms with Crippen LogP contribution >= 0.6 is 0 Å². The number of anilines is 4. The summed E-state index contributed by atoms with van der Waals surface area (Å²) in [6.07, 6.45) is -2.84. The summed E-state index contributed by atoms with van der Waals surface area (Å²) in [7, 11) is 0. The lowest BCUT2D eigenvalue weighted by Gasteiger charge is -2.28. The molecule has 0 atom stereocenters. The number of nitrogens with two attached hydrogens (primary N) is 1. The molecule has 1 aliphatic heterocycles. The molecule has 10 heteroatoms. The average Bonchev–Trinajstić information content (AvgIpc) is 2.84. The number of hydrogen-bond acceptors (Lipinski definition) is 6. The predicted octanol–water partition coefficient (Wildman–Crippen LogP) is 4.32. The Labute approximate surface area is 201 Å². The third kappa shape index (κ3) is 6.63. The van der Waals surface area contributed by atoms with Gasteiger partial charge in [0.05, 0.1) is 25.2 Å². The number of hydrogen-bond donors (Lipinski definition) is 3. The van der Waals surface area contributed by atoms with E-state index in [0.29, 0.717) is 35.8 Å². The molecule has 1 saturated heterocycles. The monoisotopic (exact) mass is 485 g/mol. The van der Waals surface area contributed by atoms with Crippen LogP contribution < -0.4 is 21.3 Å². The number of benzene rings is 2. The molecule has 4 N–H and O–H groups in total. The van der Waals surface area contributed by atoms with Gasteiger partial charge >= 0.3 is 6.18 Å². The average molecular weight is 486 g/mol. The summed E-state index contributed by atoms with van der Waals surface area (Å²) in [6, 6.07) is 14.6. The number of pyridine rings is 1. The summed E-state index contributed by atoms with van der Waals surface area (Å²) < 4.78 is 43.8. The van der Waals surface area contributed by atoms with Gasteiger partial charge in [0.1, 0.15) is 5.82 Å². The summed E-state index contributed by atoms with van der Waals surface area (Å²) >= 11 is 0. The zero-order chi connectivity index (χ0) is 24.8. The minimum absolute atomic E-state index is 0.0170. The Morgan fingerprint density at radius 1 is 1.06 bits per heavy atom. The molecule has 2 aromatic carbocycles. The maximum absolute atomic E-state index is 12.8. The number of rotatable bonds is 8. The molecule has 3 aromatic rings. The van der Waals surface area contributed by atoms with Crippen molar-refractivity contribution in [1.82, 2.24) is 4.98 Å². The van der Waals surface area contributed by atoms with Gasteiger partial charge in [-0.25, -0.2) is 4.98 Å². The Kier molecular flexibility index (Phi) is 7.40. The second-order valence-corrected chi connectivity index (χ2v) is 8.19. The van der Waals surface area contributed by atoms with Crippen LogP contribution in [0, 0.1) is 0 Å². The van der Waals surface area contributed by atoms with Crippen LogP contribution in [0.5, 0.6) is 0 Å². The fourth-order valence-electron chi connectivity index (χ4n) is 3.78. The van der Waals surface area contributed by atoms with Crippen LogP contribution in [0.2, 0.25) is 0 Å². The number of ether oxygens (including phenoxy) is 1. The van der Waals surface area contributed by atoms with Crippen LogP contribution in [0.4, 0.5) is 36.1 Å². The van der Waals surface area contributed by atoms with E-state index in [1.54, 1.807) is 12.3 Å². The van der Waals surface area contributed by atoms with Gasteiger partial charge in [0.25, 0.3) is 0 Å². The van der Waals surface area contributed by atoms with Crippen molar-refractivity contribution in [2.24, 2.45) is 5.73 Å². The summed E-state index contributed by atoms with van der Waals surface area (Å²) in [6.45, 7) is 3.39. The summed E-state index contributed by atoms with van der Waals surface area (Å²) in [5.74, 6) is 0.0380. The van der Waals surface area contributed by atoms with Crippen LogP contribution in [-0.2, 0) is 28.7 Å². The van der Waals surface area contributed by atoms with Crippen molar-refractivity contribution in [2.75, 3.05) is 41.8 Å². The molecule has 4 rings (SSSR count). The van der Waals surface area contributed by atoms with Gasteiger partial charge < -0.3 is 26.0 Å². The second kappa shape index (κ2) is 10.6. The molecule has 184 valence electrons. The highest BCUT2D eigenvalue weighted by molar-refractivity contribution is 5.79. The quantitative estimate of drug-likeness (QED) is 0.440. The van der Waals surface area contributed by atoms with Crippen molar-refractivity contribution in [3.63, 3.8) is 0 Å². The van der Waals surface area contributed by atoms with E-state index in [2.05, 4.69) is 20.5 Å². The molecule has 0 spiro atoms. The van der Waals surface area contributed by atoms with Crippen LogP contribution in [-0.4, -0.2) is 37.2 Å². The first-order valence-electron chi connectivity index (χ1n) is 11.1. The lowest BCUT2D eigenvalue weighted by atomic mass is 10.1. The Hall–Kier alpha value is -3.79.